The summed E-state index contributed by atoms with van der Waals surface area (Å²) < 4.78 is 0. The number of rotatable bonds is 4. The first-order chi connectivity index (χ1) is 7.41. The van der Waals surface area contributed by atoms with Crippen LogP contribution in [0.15, 0.2) is 18.2 Å². The summed E-state index contributed by atoms with van der Waals surface area (Å²) in [4.78, 5) is 20.8. The second kappa shape index (κ2) is 4.61. The van der Waals surface area contributed by atoms with E-state index in [9.17, 15) is 14.9 Å². The lowest BCUT2D eigenvalue weighted by Crippen LogP contribution is -2.25. The van der Waals surface area contributed by atoms with E-state index in [0.29, 0.717) is 0 Å². The van der Waals surface area contributed by atoms with Gasteiger partial charge in [0.1, 0.15) is 11.7 Å². The average molecular weight is 224 g/mol. The molecule has 1 aromatic rings. The van der Waals surface area contributed by atoms with Crippen LogP contribution in [0.4, 0.5) is 11.4 Å². The first-order valence-electron chi connectivity index (χ1n) is 4.66. The number of hydrogen-bond donors (Lipinski definition) is 2. The summed E-state index contributed by atoms with van der Waals surface area (Å²) in [6.45, 7) is 3.20. The molecule has 2 N–H and O–H groups in total. The van der Waals surface area contributed by atoms with Gasteiger partial charge in [-0.25, -0.2) is 0 Å². The molecule has 0 fully saturated rings. The van der Waals surface area contributed by atoms with Gasteiger partial charge in [0, 0.05) is 6.07 Å². The second-order valence-corrected chi connectivity index (χ2v) is 3.48. The molecule has 0 spiro atoms. The van der Waals surface area contributed by atoms with Crippen LogP contribution in [0.25, 0.3) is 0 Å². The van der Waals surface area contributed by atoms with Crippen molar-refractivity contribution in [3.8, 4) is 0 Å². The third-order valence-corrected chi connectivity index (χ3v) is 2.09. The molecule has 0 saturated heterocycles. The molecule has 1 atom stereocenters. The number of benzene rings is 1. The summed E-state index contributed by atoms with van der Waals surface area (Å²) in [5.74, 6) is -1.06. The van der Waals surface area contributed by atoms with Crippen LogP contribution in [0.2, 0.25) is 0 Å². The van der Waals surface area contributed by atoms with Crippen molar-refractivity contribution in [1.29, 1.82) is 0 Å². The number of aliphatic carboxylic acids is 1. The minimum Gasteiger partial charge on any atom is -0.480 e. The van der Waals surface area contributed by atoms with Gasteiger partial charge in [-0.05, 0) is 25.5 Å². The highest BCUT2D eigenvalue weighted by molar-refractivity contribution is 5.78. The summed E-state index contributed by atoms with van der Waals surface area (Å²) in [5, 5.41) is 22.0. The van der Waals surface area contributed by atoms with Crippen LogP contribution in [0.5, 0.6) is 0 Å². The molecular weight excluding hydrogens is 212 g/mol. The molecule has 1 rings (SSSR count). The third kappa shape index (κ3) is 2.69. The molecule has 6 heteroatoms. The number of hydrogen-bond acceptors (Lipinski definition) is 4. The van der Waals surface area contributed by atoms with Crippen molar-refractivity contribution in [2.45, 2.75) is 19.9 Å². The van der Waals surface area contributed by atoms with E-state index in [4.69, 9.17) is 5.11 Å². The third-order valence-electron chi connectivity index (χ3n) is 2.09. The molecule has 0 bridgehead atoms. The van der Waals surface area contributed by atoms with Crippen molar-refractivity contribution < 1.29 is 14.8 Å². The molecule has 1 aromatic carbocycles. The maximum absolute atomic E-state index is 10.7. The fourth-order valence-corrected chi connectivity index (χ4v) is 1.22. The Morgan fingerprint density at radius 2 is 2.19 bits per heavy atom. The summed E-state index contributed by atoms with van der Waals surface area (Å²) in [6, 6.07) is 3.64. The van der Waals surface area contributed by atoms with Crippen LogP contribution in [-0.2, 0) is 4.79 Å². The van der Waals surface area contributed by atoms with E-state index >= 15 is 0 Å². The van der Waals surface area contributed by atoms with Crippen molar-refractivity contribution >= 4 is 17.3 Å². The van der Waals surface area contributed by atoms with Gasteiger partial charge >= 0.3 is 5.97 Å². The van der Waals surface area contributed by atoms with Gasteiger partial charge in [-0.15, -0.1) is 0 Å². The number of carbonyl (C=O) groups is 1. The highest BCUT2D eigenvalue weighted by Gasteiger charge is 2.18. The Kier molecular flexibility index (Phi) is 3.44. The topological polar surface area (TPSA) is 92.5 Å². The number of nitro groups is 1. The Hall–Kier alpha value is -2.11. The number of aryl methyl sites for hydroxylation is 1. The van der Waals surface area contributed by atoms with Crippen LogP contribution in [0.1, 0.15) is 12.5 Å². The van der Waals surface area contributed by atoms with Crippen molar-refractivity contribution in [1.82, 2.24) is 0 Å². The summed E-state index contributed by atoms with van der Waals surface area (Å²) in [6.07, 6.45) is 0. The smallest absolute Gasteiger partial charge is 0.325 e. The van der Waals surface area contributed by atoms with Crippen molar-refractivity contribution in [2.75, 3.05) is 5.32 Å². The molecule has 6 nitrogen and oxygen atoms in total. The highest BCUT2D eigenvalue weighted by atomic mass is 16.6. The van der Waals surface area contributed by atoms with E-state index in [1.165, 1.54) is 13.0 Å². The number of carboxylic acid groups (broad SMARTS) is 1. The zero-order valence-electron chi connectivity index (χ0n) is 8.93. The molecule has 0 radical (unpaired) electrons. The maximum Gasteiger partial charge on any atom is 0.325 e. The van der Waals surface area contributed by atoms with Gasteiger partial charge < -0.3 is 10.4 Å². The monoisotopic (exact) mass is 224 g/mol. The molecule has 16 heavy (non-hydrogen) atoms. The lowest BCUT2D eigenvalue weighted by atomic mass is 10.2. The van der Waals surface area contributed by atoms with Crippen LogP contribution in [0, 0.1) is 17.0 Å². The normalized spacial score (nSPS) is 11.9. The van der Waals surface area contributed by atoms with E-state index in [0.717, 1.165) is 5.56 Å². The Balaban J connectivity index is 3.05. The standard InChI is InChI=1S/C10H12N2O4/c1-6-3-4-9(12(15)16)8(5-6)11-7(2)10(13)14/h3-5,7,11H,1-2H3,(H,13,14)/t7-/m1/s1. The summed E-state index contributed by atoms with van der Waals surface area (Å²) >= 11 is 0. The number of carboxylic acids is 1. The summed E-state index contributed by atoms with van der Waals surface area (Å²) in [5.41, 5.74) is 0.921. The zero-order valence-corrected chi connectivity index (χ0v) is 8.93. The van der Waals surface area contributed by atoms with E-state index in [2.05, 4.69) is 5.32 Å². The van der Waals surface area contributed by atoms with Gasteiger partial charge in [0.05, 0.1) is 4.92 Å². The van der Waals surface area contributed by atoms with E-state index in [-0.39, 0.29) is 11.4 Å². The predicted molar refractivity (Wildman–Crippen MR) is 58.6 cm³/mol. The lowest BCUT2D eigenvalue weighted by Gasteiger charge is -2.11. The van der Waals surface area contributed by atoms with Gasteiger partial charge in [0.15, 0.2) is 0 Å². The molecule has 0 aliphatic heterocycles. The maximum atomic E-state index is 10.7. The summed E-state index contributed by atoms with van der Waals surface area (Å²) in [7, 11) is 0. The zero-order chi connectivity index (χ0) is 12.3. The van der Waals surface area contributed by atoms with Gasteiger partial charge in [-0.3, -0.25) is 14.9 Å². The van der Waals surface area contributed by atoms with Gasteiger partial charge in [0.25, 0.3) is 5.69 Å². The van der Waals surface area contributed by atoms with Crippen LogP contribution in [0.3, 0.4) is 0 Å². The van der Waals surface area contributed by atoms with Gasteiger partial charge in [0.2, 0.25) is 0 Å². The molecule has 0 aliphatic carbocycles. The number of anilines is 1. The molecular formula is C10H12N2O4. The van der Waals surface area contributed by atoms with Crippen molar-refractivity contribution in [2.24, 2.45) is 0 Å². The van der Waals surface area contributed by atoms with Crippen molar-refractivity contribution in [3.63, 3.8) is 0 Å². The van der Waals surface area contributed by atoms with Crippen molar-refractivity contribution in [3.05, 3.63) is 33.9 Å². The first-order valence-corrected chi connectivity index (χ1v) is 4.66. The van der Waals surface area contributed by atoms with E-state index in [1.54, 1.807) is 19.1 Å². The minimum absolute atomic E-state index is 0.126. The number of nitro benzene ring substituents is 1. The van der Waals surface area contributed by atoms with Crippen LogP contribution < -0.4 is 5.32 Å². The Morgan fingerprint density at radius 3 is 2.69 bits per heavy atom. The predicted octanol–water partition coefficient (Wildman–Crippen LogP) is 1.79. The van der Waals surface area contributed by atoms with Gasteiger partial charge in [-0.1, -0.05) is 6.07 Å². The fourth-order valence-electron chi connectivity index (χ4n) is 1.22. The first kappa shape index (κ1) is 12.0. The quantitative estimate of drug-likeness (QED) is 0.600. The molecule has 0 heterocycles. The molecule has 0 amide bonds. The fraction of sp³-hybridized carbons (Fsp3) is 0.300. The molecule has 86 valence electrons. The Morgan fingerprint density at radius 1 is 1.56 bits per heavy atom. The van der Waals surface area contributed by atoms with Gasteiger partial charge in [-0.2, -0.15) is 0 Å². The second-order valence-electron chi connectivity index (χ2n) is 3.48. The molecule has 0 saturated carbocycles. The largest absolute Gasteiger partial charge is 0.480 e. The SMILES string of the molecule is Cc1ccc([N+](=O)[O-])c(N[C@H](C)C(=O)O)c1. The molecule has 0 aromatic heterocycles. The molecule has 0 unspecified atom stereocenters. The van der Waals surface area contributed by atoms with E-state index < -0.39 is 16.9 Å². The van der Waals surface area contributed by atoms with E-state index in [1.807, 2.05) is 0 Å². The Labute approximate surface area is 92.0 Å². The number of nitrogens with zero attached hydrogens (tertiary/aromatic N) is 1. The average Bonchev–Trinajstić information content (AvgIpc) is 2.16. The highest BCUT2D eigenvalue weighted by Crippen LogP contribution is 2.25. The minimum atomic E-state index is -1.06. The number of nitrogens with one attached hydrogen (secondary N) is 1. The molecule has 0 aliphatic rings. The lowest BCUT2D eigenvalue weighted by molar-refractivity contribution is -0.384. The van der Waals surface area contributed by atoms with Crippen LogP contribution in [-0.4, -0.2) is 22.0 Å². The van der Waals surface area contributed by atoms with Crippen LogP contribution >= 0.6 is 0 Å². The Bertz CT molecular complexity index is 431.